The molecule has 7 nitrogen and oxygen atoms in total. The highest BCUT2D eigenvalue weighted by atomic mass is 35.5. The standard InChI is InChI=1S/C29H28ClN3O4S/c30-20-9-11-21(12-10-20)32-15-5-13-29-24(27(36)33(16-17-34)25(29)28(32)37)23-22(38-29)8-4-14-31(26(23)35)18-19-6-2-1-3-7-19/h1-13,22-25,34H,14-18H2/t22-,23+,24-,25?,29-/m0/s1. The Kier molecular flexibility index (Phi) is 6.58. The van der Waals surface area contributed by atoms with Crippen LogP contribution >= 0.6 is 23.4 Å². The molecular formula is C29H28ClN3O4S. The molecular weight excluding hydrogens is 522 g/mol. The van der Waals surface area contributed by atoms with Crippen LogP contribution in [0, 0.1) is 11.8 Å². The fourth-order valence-corrected chi connectivity index (χ4v) is 8.47. The number of amides is 3. The van der Waals surface area contributed by atoms with Crippen LogP contribution in [-0.2, 0) is 20.9 Å². The van der Waals surface area contributed by atoms with Crippen LogP contribution in [0.2, 0.25) is 5.02 Å². The molecule has 0 aliphatic carbocycles. The summed E-state index contributed by atoms with van der Waals surface area (Å²) < 4.78 is -0.907. The highest BCUT2D eigenvalue weighted by molar-refractivity contribution is 8.02. The van der Waals surface area contributed by atoms with Gasteiger partial charge in [0.15, 0.2) is 0 Å². The number of likely N-dealkylation sites (tertiary alicyclic amines) is 1. The number of nitrogens with zero attached hydrogens (tertiary/aromatic N) is 3. The zero-order valence-electron chi connectivity index (χ0n) is 20.7. The van der Waals surface area contributed by atoms with Gasteiger partial charge in [-0.2, -0.15) is 0 Å². The van der Waals surface area contributed by atoms with Crippen molar-refractivity contribution in [3.8, 4) is 0 Å². The van der Waals surface area contributed by atoms with E-state index in [0.717, 1.165) is 5.56 Å². The summed E-state index contributed by atoms with van der Waals surface area (Å²) in [5, 5.41) is 10.2. The summed E-state index contributed by atoms with van der Waals surface area (Å²) in [5.74, 6) is -1.84. The quantitative estimate of drug-likeness (QED) is 0.580. The van der Waals surface area contributed by atoms with Crippen LogP contribution in [-0.4, -0.2) is 74.9 Å². The van der Waals surface area contributed by atoms with Crippen LogP contribution < -0.4 is 4.90 Å². The first-order valence-corrected chi connectivity index (χ1v) is 14.0. The molecule has 5 atom stereocenters. The fraction of sp³-hybridized carbons (Fsp3) is 0.345. The van der Waals surface area contributed by atoms with E-state index in [0.29, 0.717) is 30.3 Å². The molecule has 0 bridgehead atoms. The lowest BCUT2D eigenvalue weighted by Gasteiger charge is -2.35. The van der Waals surface area contributed by atoms with Crippen LogP contribution in [0.1, 0.15) is 5.56 Å². The maximum Gasteiger partial charge on any atom is 0.251 e. The third-order valence-electron chi connectivity index (χ3n) is 7.94. The number of thioether (sulfide) groups is 1. The number of halogens is 1. The second-order valence-electron chi connectivity index (χ2n) is 10.1. The zero-order chi connectivity index (χ0) is 26.4. The number of hydrogen-bond donors (Lipinski definition) is 1. The summed E-state index contributed by atoms with van der Waals surface area (Å²) in [6.45, 7) is 1.03. The first kappa shape index (κ1) is 25.2. The highest BCUT2D eigenvalue weighted by Crippen LogP contribution is 2.61. The summed E-state index contributed by atoms with van der Waals surface area (Å²) in [4.78, 5) is 47.3. The van der Waals surface area contributed by atoms with Crippen LogP contribution in [0.5, 0.6) is 0 Å². The molecule has 1 unspecified atom stereocenters. The molecule has 2 aromatic rings. The van der Waals surface area contributed by atoms with Crippen molar-refractivity contribution in [2.24, 2.45) is 11.8 Å². The topological polar surface area (TPSA) is 81.2 Å². The van der Waals surface area contributed by atoms with Gasteiger partial charge in [-0.25, -0.2) is 0 Å². The number of aliphatic hydroxyl groups excluding tert-OH is 1. The summed E-state index contributed by atoms with van der Waals surface area (Å²) >= 11 is 7.62. The largest absolute Gasteiger partial charge is 0.395 e. The van der Waals surface area contributed by atoms with Gasteiger partial charge in [0.05, 0.1) is 23.2 Å². The molecule has 9 heteroatoms. The van der Waals surface area contributed by atoms with E-state index in [1.165, 1.54) is 16.7 Å². The second kappa shape index (κ2) is 9.91. The van der Waals surface area contributed by atoms with Gasteiger partial charge in [0, 0.05) is 42.1 Å². The van der Waals surface area contributed by atoms with Crippen molar-refractivity contribution >= 4 is 46.8 Å². The van der Waals surface area contributed by atoms with Crippen molar-refractivity contribution in [2.45, 2.75) is 22.6 Å². The average Bonchev–Trinajstić information content (AvgIpc) is 3.23. The van der Waals surface area contributed by atoms with E-state index in [4.69, 9.17) is 11.6 Å². The van der Waals surface area contributed by atoms with Crippen molar-refractivity contribution in [1.82, 2.24) is 9.80 Å². The third-order valence-corrected chi connectivity index (χ3v) is 9.93. The smallest absolute Gasteiger partial charge is 0.251 e. The van der Waals surface area contributed by atoms with Gasteiger partial charge in [-0.05, 0) is 29.8 Å². The average molecular weight is 550 g/mol. The van der Waals surface area contributed by atoms with E-state index < -0.39 is 22.6 Å². The first-order valence-electron chi connectivity index (χ1n) is 12.8. The second-order valence-corrected chi connectivity index (χ2v) is 12.0. The molecule has 2 fully saturated rings. The Bertz CT molecular complexity index is 1320. The monoisotopic (exact) mass is 549 g/mol. The molecule has 2 aromatic carbocycles. The van der Waals surface area contributed by atoms with Gasteiger partial charge < -0.3 is 19.8 Å². The van der Waals surface area contributed by atoms with E-state index in [9.17, 15) is 19.5 Å². The molecule has 2 saturated heterocycles. The number of aliphatic hydroxyl groups is 1. The molecule has 4 heterocycles. The molecule has 0 radical (unpaired) electrons. The number of fused-ring (bicyclic) bond motifs is 2. The van der Waals surface area contributed by atoms with Crippen molar-refractivity contribution in [2.75, 3.05) is 31.1 Å². The number of carbonyl (C=O) groups excluding carboxylic acids is 3. The third kappa shape index (κ3) is 3.97. The minimum absolute atomic E-state index is 0.0332. The van der Waals surface area contributed by atoms with Gasteiger partial charge >= 0.3 is 0 Å². The predicted molar refractivity (Wildman–Crippen MR) is 148 cm³/mol. The van der Waals surface area contributed by atoms with Gasteiger partial charge in [-0.3, -0.25) is 14.4 Å². The van der Waals surface area contributed by atoms with Gasteiger partial charge in [0.2, 0.25) is 11.8 Å². The van der Waals surface area contributed by atoms with Gasteiger partial charge in [-0.15, -0.1) is 11.8 Å². The number of rotatable bonds is 5. The van der Waals surface area contributed by atoms with E-state index in [-0.39, 0.29) is 36.1 Å². The molecule has 38 heavy (non-hydrogen) atoms. The lowest BCUT2D eigenvalue weighted by atomic mass is 9.78. The summed E-state index contributed by atoms with van der Waals surface area (Å²) in [7, 11) is 0. The lowest BCUT2D eigenvalue weighted by Crippen LogP contribution is -2.53. The van der Waals surface area contributed by atoms with Crippen molar-refractivity contribution in [3.05, 3.63) is 89.5 Å². The Balaban J connectivity index is 1.39. The van der Waals surface area contributed by atoms with Crippen molar-refractivity contribution in [1.29, 1.82) is 0 Å². The van der Waals surface area contributed by atoms with Gasteiger partial charge in [0.1, 0.15) is 6.04 Å². The molecule has 1 N–H and O–H groups in total. The fourth-order valence-electron chi connectivity index (χ4n) is 6.34. The van der Waals surface area contributed by atoms with Gasteiger partial charge in [-0.1, -0.05) is 66.2 Å². The zero-order valence-corrected chi connectivity index (χ0v) is 22.2. The Labute approximate surface area is 230 Å². The van der Waals surface area contributed by atoms with E-state index >= 15 is 0 Å². The molecule has 196 valence electrons. The van der Waals surface area contributed by atoms with Crippen LogP contribution in [0.3, 0.4) is 0 Å². The van der Waals surface area contributed by atoms with E-state index in [2.05, 4.69) is 0 Å². The summed E-state index contributed by atoms with van der Waals surface area (Å²) in [5.41, 5.74) is 1.71. The molecule has 3 amide bonds. The minimum Gasteiger partial charge on any atom is -0.395 e. The number of benzene rings is 2. The SMILES string of the molecule is O=C1[C@@H]2[C@H](C=CCN1Cc1ccccc1)S[C@]13C=CCN(c4ccc(Cl)cc4)C(=O)C1N(CCO)C(=O)[C@H]23. The maximum absolute atomic E-state index is 14.2. The molecule has 4 aliphatic rings. The van der Waals surface area contributed by atoms with Crippen LogP contribution in [0.25, 0.3) is 0 Å². The van der Waals surface area contributed by atoms with Crippen LogP contribution in [0.4, 0.5) is 5.69 Å². The molecule has 6 rings (SSSR count). The summed E-state index contributed by atoms with van der Waals surface area (Å²) in [6, 6.07) is 16.0. The number of β-amino-alcohol motifs (C(OH)–C–C–N with tert-alkyl or cyclic N) is 1. The number of carbonyl (C=O) groups is 3. The maximum atomic E-state index is 14.2. The molecule has 4 aliphatic heterocycles. The Hall–Kier alpha value is -3.07. The highest BCUT2D eigenvalue weighted by Gasteiger charge is 2.71. The minimum atomic E-state index is -0.907. The Morgan fingerprint density at radius 3 is 2.45 bits per heavy atom. The van der Waals surface area contributed by atoms with E-state index in [1.807, 2.05) is 54.6 Å². The van der Waals surface area contributed by atoms with E-state index in [1.54, 1.807) is 34.1 Å². The number of hydrogen-bond acceptors (Lipinski definition) is 5. The Morgan fingerprint density at radius 2 is 1.71 bits per heavy atom. The van der Waals surface area contributed by atoms with Crippen LogP contribution in [0.15, 0.2) is 78.9 Å². The van der Waals surface area contributed by atoms with Crippen molar-refractivity contribution in [3.63, 3.8) is 0 Å². The first-order chi connectivity index (χ1) is 18.4. The predicted octanol–water partition coefficient (Wildman–Crippen LogP) is 3.13. The number of anilines is 1. The van der Waals surface area contributed by atoms with Gasteiger partial charge in [0.25, 0.3) is 5.91 Å². The molecule has 0 aromatic heterocycles. The van der Waals surface area contributed by atoms with Crippen molar-refractivity contribution < 1.29 is 19.5 Å². The normalized spacial score (nSPS) is 30.3. The lowest BCUT2D eigenvalue weighted by molar-refractivity contribution is -0.143. The summed E-state index contributed by atoms with van der Waals surface area (Å²) in [6.07, 6.45) is 7.95. The Morgan fingerprint density at radius 1 is 0.947 bits per heavy atom. The molecule has 0 saturated carbocycles. The molecule has 1 spiro atoms.